The van der Waals surface area contributed by atoms with E-state index in [1.807, 2.05) is 12.1 Å². The lowest BCUT2D eigenvalue weighted by Crippen LogP contribution is -1.96. The third-order valence-corrected chi connectivity index (χ3v) is 10.5. The predicted molar refractivity (Wildman–Crippen MR) is 233 cm³/mol. The third kappa shape index (κ3) is 6.63. The highest BCUT2D eigenvalue weighted by Crippen LogP contribution is 2.34. The van der Waals surface area contributed by atoms with Crippen molar-refractivity contribution < 1.29 is 0 Å². The highest BCUT2D eigenvalue weighted by Gasteiger charge is 2.13. The lowest BCUT2D eigenvalue weighted by atomic mass is 9.97. The molecule has 2 aromatic heterocycles. The van der Waals surface area contributed by atoms with Gasteiger partial charge in [-0.15, -0.1) is 0 Å². The first-order valence-corrected chi connectivity index (χ1v) is 18.9. The molecule has 0 atom stereocenters. The van der Waals surface area contributed by atoms with E-state index >= 15 is 0 Å². The van der Waals surface area contributed by atoms with Gasteiger partial charge in [-0.2, -0.15) is 0 Å². The SMILES string of the molecule is c1ccc(-c2cc(-c3ccc(-c4ccc(-c5nc(-c6ccc7ccccc7c6)cc(-c6ccc7ccccc7c6)n5)cc4)cc3)cc(-c3ccccc3)n2)cc1. The van der Waals surface area contributed by atoms with Gasteiger partial charge in [0.25, 0.3) is 0 Å². The summed E-state index contributed by atoms with van der Waals surface area (Å²) in [6.45, 7) is 0. The van der Waals surface area contributed by atoms with E-state index in [0.717, 1.165) is 72.8 Å². The molecule has 0 unspecified atom stereocenters. The van der Waals surface area contributed by atoms with E-state index in [1.54, 1.807) is 0 Å². The summed E-state index contributed by atoms with van der Waals surface area (Å²) >= 11 is 0. The van der Waals surface area contributed by atoms with Crippen molar-refractivity contribution in [2.75, 3.05) is 0 Å². The van der Waals surface area contributed by atoms with E-state index in [1.165, 1.54) is 21.5 Å². The summed E-state index contributed by atoms with van der Waals surface area (Å²) < 4.78 is 0. The van der Waals surface area contributed by atoms with Crippen LogP contribution in [0.15, 0.2) is 212 Å². The van der Waals surface area contributed by atoms with Gasteiger partial charge >= 0.3 is 0 Å². The number of fused-ring (bicyclic) bond motifs is 2. The van der Waals surface area contributed by atoms with E-state index < -0.39 is 0 Å². The average Bonchev–Trinajstić information content (AvgIpc) is 3.29. The summed E-state index contributed by atoms with van der Waals surface area (Å²) in [5.74, 6) is 0.696. The molecular formula is C53H35N3. The number of hydrogen-bond donors (Lipinski definition) is 0. The standard InChI is InChI=1S/C53H35N3/c1-3-13-41(14-4-1)49-33-48(34-50(54-49)42-15-5-2-6-16-42)40-21-19-38(20-22-40)39-23-27-43(28-24-39)53-55-51(46-29-25-36-11-7-9-17-44(36)31-46)35-52(56-53)47-30-26-37-12-8-10-18-45(37)32-47/h1-35H. The van der Waals surface area contributed by atoms with Crippen LogP contribution in [0.5, 0.6) is 0 Å². The summed E-state index contributed by atoms with van der Waals surface area (Å²) in [6.07, 6.45) is 0. The Kier molecular flexibility index (Phi) is 8.51. The molecule has 8 aromatic carbocycles. The molecule has 0 bridgehead atoms. The molecule has 10 rings (SSSR count). The first-order chi connectivity index (χ1) is 27.7. The van der Waals surface area contributed by atoms with Crippen molar-refractivity contribution in [2.24, 2.45) is 0 Å². The fourth-order valence-corrected chi connectivity index (χ4v) is 7.45. The molecule has 0 fully saturated rings. The Hall–Kier alpha value is -7.49. The molecular weight excluding hydrogens is 679 g/mol. The van der Waals surface area contributed by atoms with Gasteiger partial charge in [0.1, 0.15) is 0 Å². The zero-order valence-electron chi connectivity index (χ0n) is 30.5. The Labute approximate surface area is 326 Å². The fraction of sp³-hybridized carbons (Fsp3) is 0. The van der Waals surface area contributed by atoms with Gasteiger partial charge in [0.05, 0.1) is 22.8 Å². The maximum Gasteiger partial charge on any atom is 0.160 e. The number of hydrogen-bond acceptors (Lipinski definition) is 3. The van der Waals surface area contributed by atoms with E-state index in [-0.39, 0.29) is 0 Å². The lowest BCUT2D eigenvalue weighted by molar-refractivity contribution is 1.18. The van der Waals surface area contributed by atoms with Gasteiger partial charge in [-0.1, -0.05) is 182 Å². The molecule has 0 spiro atoms. The van der Waals surface area contributed by atoms with Crippen LogP contribution in [0.2, 0.25) is 0 Å². The second-order valence-corrected chi connectivity index (χ2v) is 14.1. The Balaban J connectivity index is 0.994. The van der Waals surface area contributed by atoms with Crippen molar-refractivity contribution in [1.82, 2.24) is 15.0 Å². The van der Waals surface area contributed by atoms with Gasteiger partial charge in [0.2, 0.25) is 0 Å². The molecule has 3 heteroatoms. The Morgan fingerprint density at radius 1 is 0.196 bits per heavy atom. The van der Waals surface area contributed by atoms with Crippen LogP contribution in [0, 0.1) is 0 Å². The summed E-state index contributed by atoms with van der Waals surface area (Å²) in [5.41, 5.74) is 13.5. The van der Waals surface area contributed by atoms with Gasteiger partial charge in [-0.25, -0.2) is 15.0 Å². The van der Waals surface area contributed by atoms with Crippen LogP contribution in [-0.4, -0.2) is 15.0 Å². The van der Waals surface area contributed by atoms with E-state index in [2.05, 4.69) is 200 Å². The van der Waals surface area contributed by atoms with Crippen molar-refractivity contribution in [2.45, 2.75) is 0 Å². The van der Waals surface area contributed by atoms with E-state index in [4.69, 9.17) is 15.0 Å². The Morgan fingerprint density at radius 2 is 0.554 bits per heavy atom. The first kappa shape index (κ1) is 33.1. The topological polar surface area (TPSA) is 38.7 Å². The first-order valence-electron chi connectivity index (χ1n) is 18.9. The highest BCUT2D eigenvalue weighted by atomic mass is 14.9. The average molecular weight is 714 g/mol. The molecule has 262 valence electrons. The fourth-order valence-electron chi connectivity index (χ4n) is 7.45. The number of rotatable bonds is 7. The van der Waals surface area contributed by atoms with Crippen molar-refractivity contribution in [3.8, 4) is 78.7 Å². The zero-order valence-corrected chi connectivity index (χ0v) is 30.5. The summed E-state index contributed by atoms with van der Waals surface area (Å²) in [4.78, 5) is 15.4. The van der Waals surface area contributed by atoms with Crippen LogP contribution in [-0.2, 0) is 0 Å². The molecule has 0 N–H and O–H groups in total. The van der Waals surface area contributed by atoms with Crippen molar-refractivity contribution in [3.05, 3.63) is 212 Å². The molecule has 0 aliphatic carbocycles. The van der Waals surface area contributed by atoms with Crippen LogP contribution in [0.25, 0.3) is 100 Å². The quantitative estimate of drug-likeness (QED) is 0.165. The van der Waals surface area contributed by atoms with Gasteiger partial charge in [-0.05, 0) is 74.1 Å². The van der Waals surface area contributed by atoms with Crippen molar-refractivity contribution in [1.29, 1.82) is 0 Å². The molecule has 0 amide bonds. The van der Waals surface area contributed by atoms with Crippen LogP contribution >= 0.6 is 0 Å². The van der Waals surface area contributed by atoms with Gasteiger partial charge in [0, 0.05) is 27.8 Å². The minimum atomic E-state index is 0.696. The minimum absolute atomic E-state index is 0.696. The molecule has 2 heterocycles. The van der Waals surface area contributed by atoms with Crippen LogP contribution in [0.3, 0.4) is 0 Å². The molecule has 10 aromatic rings. The van der Waals surface area contributed by atoms with Crippen molar-refractivity contribution >= 4 is 21.5 Å². The van der Waals surface area contributed by atoms with Gasteiger partial charge in [0.15, 0.2) is 5.82 Å². The highest BCUT2D eigenvalue weighted by molar-refractivity contribution is 5.89. The molecule has 0 saturated heterocycles. The van der Waals surface area contributed by atoms with Gasteiger partial charge < -0.3 is 0 Å². The smallest absolute Gasteiger partial charge is 0.160 e. The predicted octanol–water partition coefficient (Wildman–Crippen LogP) is 13.8. The second-order valence-electron chi connectivity index (χ2n) is 14.1. The molecule has 0 aliphatic heterocycles. The van der Waals surface area contributed by atoms with E-state index in [9.17, 15) is 0 Å². The normalized spacial score (nSPS) is 11.2. The lowest BCUT2D eigenvalue weighted by Gasteiger charge is -2.12. The maximum absolute atomic E-state index is 5.16. The summed E-state index contributed by atoms with van der Waals surface area (Å²) in [7, 11) is 0. The van der Waals surface area contributed by atoms with Crippen LogP contribution in [0.1, 0.15) is 0 Å². The van der Waals surface area contributed by atoms with Crippen molar-refractivity contribution in [3.63, 3.8) is 0 Å². The van der Waals surface area contributed by atoms with E-state index in [0.29, 0.717) is 5.82 Å². The largest absolute Gasteiger partial charge is 0.248 e. The molecule has 3 nitrogen and oxygen atoms in total. The Bertz CT molecular complexity index is 2840. The molecule has 56 heavy (non-hydrogen) atoms. The molecule has 0 aliphatic rings. The Morgan fingerprint density at radius 3 is 1.02 bits per heavy atom. The maximum atomic E-state index is 5.16. The number of nitrogens with zero attached hydrogens (tertiary/aromatic N) is 3. The summed E-state index contributed by atoms with van der Waals surface area (Å²) in [5, 5.41) is 4.78. The summed E-state index contributed by atoms with van der Waals surface area (Å²) in [6, 6.07) is 74.6. The zero-order chi connectivity index (χ0) is 37.3. The van der Waals surface area contributed by atoms with Crippen LogP contribution < -0.4 is 0 Å². The third-order valence-electron chi connectivity index (χ3n) is 10.5. The monoisotopic (exact) mass is 713 g/mol. The number of aromatic nitrogens is 3. The van der Waals surface area contributed by atoms with Gasteiger partial charge in [-0.3, -0.25) is 0 Å². The number of benzene rings is 8. The molecule has 0 saturated carbocycles. The van der Waals surface area contributed by atoms with Crippen LogP contribution in [0.4, 0.5) is 0 Å². The minimum Gasteiger partial charge on any atom is -0.248 e. The number of pyridine rings is 1. The molecule has 0 radical (unpaired) electrons. The second kappa shape index (κ2) is 14.4.